The molecule has 0 N–H and O–H groups in total. The van der Waals surface area contributed by atoms with E-state index in [-0.39, 0.29) is 17.3 Å². The molecule has 28 heavy (non-hydrogen) atoms. The Bertz CT molecular complexity index is 1060. The molecule has 3 aromatic rings. The van der Waals surface area contributed by atoms with Crippen LogP contribution in [-0.2, 0) is 16.6 Å². The minimum Gasteiger partial charge on any atom is -0.435 e. The molecule has 1 heterocycles. The number of ether oxygens (including phenoxy) is 1. The van der Waals surface area contributed by atoms with Crippen LogP contribution in [0.2, 0.25) is 0 Å². The van der Waals surface area contributed by atoms with Crippen molar-refractivity contribution in [1.29, 1.82) is 0 Å². The highest BCUT2D eigenvalue weighted by Crippen LogP contribution is 2.28. The number of thiazole rings is 1. The number of hydrogen-bond donors (Lipinski definition) is 0. The predicted octanol–water partition coefficient (Wildman–Crippen LogP) is 4.99. The summed E-state index contributed by atoms with van der Waals surface area (Å²) in [5, 5.41) is 2.02. The number of alkyl halides is 2. The molecule has 0 aliphatic carbocycles. The summed E-state index contributed by atoms with van der Waals surface area (Å²) in [5.41, 5.74) is 1.33. The molecule has 0 unspecified atom stereocenters. The van der Waals surface area contributed by atoms with E-state index in [1.807, 2.05) is 24.3 Å². The average Bonchev–Trinajstić information content (AvgIpc) is 3.13. The summed E-state index contributed by atoms with van der Waals surface area (Å²) in [5.74, 6) is -0.0236. The second kappa shape index (κ2) is 8.64. The SMILES string of the molecule is CN(Cc1cccc(OC(F)F)c1)S(=O)(=O)c1csc(-c2ccc(Br)cc2)n1. The maximum absolute atomic E-state index is 12.8. The van der Waals surface area contributed by atoms with Crippen LogP contribution in [0.4, 0.5) is 8.78 Å². The zero-order valence-corrected chi connectivity index (χ0v) is 17.8. The number of benzene rings is 2. The quantitative estimate of drug-likeness (QED) is 0.469. The second-order valence-electron chi connectivity index (χ2n) is 5.78. The third-order valence-corrected chi connectivity index (χ3v) is 7.03. The Morgan fingerprint density at radius 1 is 1.21 bits per heavy atom. The lowest BCUT2D eigenvalue weighted by Gasteiger charge is -2.16. The van der Waals surface area contributed by atoms with Gasteiger partial charge in [-0.1, -0.05) is 40.2 Å². The summed E-state index contributed by atoms with van der Waals surface area (Å²) >= 11 is 4.59. The van der Waals surface area contributed by atoms with Gasteiger partial charge in [0.1, 0.15) is 10.8 Å². The van der Waals surface area contributed by atoms with Crippen molar-refractivity contribution in [3.05, 3.63) is 63.9 Å². The highest BCUT2D eigenvalue weighted by molar-refractivity contribution is 9.10. The van der Waals surface area contributed by atoms with Crippen molar-refractivity contribution in [2.45, 2.75) is 18.2 Å². The minimum absolute atomic E-state index is 0.00604. The molecular formula is C18H15BrF2N2O3S2. The largest absolute Gasteiger partial charge is 0.435 e. The van der Waals surface area contributed by atoms with Gasteiger partial charge in [0.25, 0.3) is 10.0 Å². The lowest BCUT2D eigenvalue weighted by Crippen LogP contribution is -2.26. The third kappa shape index (κ3) is 4.93. The van der Waals surface area contributed by atoms with Crippen molar-refractivity contribution in [1.82, 2.24) is 9.29 Å². The van der Waals surface area contributed by atoms with E-state index >= 15 is 0 Å². The molecule has 0 radical (unpaired) electrons. The lowest BCUT2D eigenvalue weighted by atomic mass is 10.2. The van der Waals surface area contributed by atoms with Crippen molar-refractivity contribution in [3.63, 3.8) is 0 Å². The van der Waals surface area contributed by atoms with E-state index in [0.717, 1.165) is 14.3 Å². The zero-order valence-electron chi connectivity index (χ0n) is 14.6. The molecule has 5 nitrogen and oxygen atoms in total. The van der Waals surface area contributed by atoms with Crippen LogP contribution in [-0.4, -0.2) is 31.4 Å². The van der Waals surface area contributed by atoms with Gasteiger partial charge < -0.3 is 4.74 Å². The van der Waals surface area contributed by atoms with Crippen LogP contribution in [0.3, 0.4) is 0 Å². The van der Waals surface area contributed by atoms with Gasteiger partial charge >= 0.3 is 6.61 Å². The number of sulfonamides is 1. The van der Waals surface area contributed by atoms with E-state index < -0.39 is 16.6 Å². The van der Waals surface area contributed by atoms with Crippen LogP contribution in [0.1, 0.15) is 5.56 Å². The molecule has 0 aliphatic heterocycles. The van der Waals surface area contributed by atoms with Gasteiger partial charge in [0.2, 0.25) is 0 Å². The Morgan fingerprint density at radius 2 is 1.93 bits per heavy atom. The first kappa shape index (κ1) is 20.8. The van der Waals surface area contributed by atoms with Gasteiger partial charge in [-0.3, -0.25) is 0 Å². The molecule has 2 aromatic carbocycles. The maximum atomic E-state index is 12.8. The van der Waals surface area contributed by atoms with Crippen LogP contribution in [0.15, 0.2) is 63.4 Å². The minimum atomic E-state index is -3.83. The van der Waals surface area contributed by atoms with E-state index in [2.05, 4.69) is 25.7 Å². The fourth-order valence-electron chi connectivity index (χ4n) is 2.42. The number of nitrogens with zero attached hydrogens (tertiary/aromatic N) is 2. The van der Waals surface area contributed by atoms with Gasteiger partial charge in [-0.15, -0.1) is 11.3 Å². The second-order valence-corrected chi connectivity index (χ2v) is 9.55. The molecule has 0 bridgehead atoms. The molecule has 0 spiro atoms. The Labute approximate surface area is 173 Å². The first-order valence-corrected chi connectivity index (χ1v) is 11.1. The van der Waals surface area contributed by atoms with Gasteiger partial charge in [0, 0.05) is 29.0 Å². The smallest absolute Gasteiger partial charge is 0.387 e. The molecule has 3 rings (SSSR count). The van der Waals surface area contributed by atoms with Crippen molar-refractivity contribution in [3.8, 4) is 16.3 Å². The van der Waals surface area contributed by atoms with Crippen LogP contribution >= 0.6 is 27.3 Å². The van der Waals surface area contributed by atoms with Crippen LogP contribution in [0.25, 0.3) is 10.6 Å². The zero-order chi connectivity index (χ0) is 20.3. The molecule has 0 fully saturated rings. The summed E-state index contributed by atoms with van der Waals surface area (Å²) in [6.45, 7) is -2.95. The monoisotopic (exact) mass is 488 g/mol. The van der Waals surface area contributed by atoms with Gasteiger partial charge in [0.05, 0.1) is 0 Å². The van der Waals surface area contributed by atoms with Gasteiger partial charge in [-0.05, 0) is 29.8 Å². The van der Waals surface area contributed by atoms with Gasteiger partial charge in [0.15, 0.2) is 5.03 Å². The van der Waals surface area contributed by atoms with Crippen molar-refractivity contribution < 1.29 is 21.9 Å². The Morgan fingerprint density at radius 3 is 2.61 bits per heavy atom. The Kier molecular flexibility index (Phi) is 6.43. The summed E-state index contributed by atoms with van der Waals surface area (Å²) < 4.78 is 56.7. The number of rotatable bonds is 7. The van der Waals surface area contributed by atoms with Gasteiger partial charge in [-0.25, -0.2) is 13.4 Å². The molecule has 0 saturated heterocycles. The summed E-state index contributed by atoms with van der Waals surface area (Å²) in [6.07, 6.45) is 0. The van der Waals surface area contributed by atoms with Crippen LogP contribution in [0, 0.1) is 0 Å². The summed E-state index contributed by atoms with van der Waals surface area (Å²) in [4.78, 5) is 4.25. The molecule has 0 saturated carbocycles. The maximum Gasteiger partial charge on any atom is 0.387 e. The standard InChI is InChI=1S/C18H15BrF2N2O3S2/c1-23(10-12-3-2-4-15(9-12)26-18(20)21)28(24,25)16-11-27-17(22-16)13-5-7-14(19)8-6-13/h2-9,11,18H,10H2,1H3. The molecular weight excluding hydrogens is 474 g/mol. The number of aromatic nitrogens is 1. The molecule has 0 atom stereocenters. The van der Waals surface area contributed by atoms with Crippen LogP contribution in [0.5, 0.6) is 5.75 Å². The first-order valence-electron chi connectivity index (χ1n) is 7.97. The third-order valence-electron chi connectivity index (χ3n) is 3.78. The summed E-state index contributed by atoms with van der Waals surface area (Å²) in [6, 6.07) is 13.3. The Balaban J connectivity index is 1.78. The van der Waals surface area contributed by atoms with Crippen molar-refractivity contribution >= 4 is 37.3 Å². The number of hydrogen-bond acceptors (Lipinski definition) is 5. The summed E-state index contributed by atoms with van der Waals surface area (Å²) in [7, 11) is -2.42. The number of halogens is 3. The molecule has 10 heteroatoms. The van der Waals surface area contributed by atoms with E-state index in [1.165, 1.54) is 42.0 Å². The van der Waals surface area contributed by atoms with E-state index in [0.29, 0.717) is 10.6 Å². The molecule has 0 aliphatic rings. The Hall–Kier alpha value is -1.88. The molecule has 148 valence electrons. The first-order chi connectivity index (χ1) is 13.3. The fraction of sp³-hybridized carbons (Fsp3) is 0.167. The predicted molar refractivity (Wildman–Crippen MR) is 107 cm³/mol. The van der Waals surface area contributed by atoms with E-state index in [4.69, 9.17) is 0 Å². The van der Waals surface area contributed by atoms with Crippen LogP contribution < -0.4 is 4.74 Å². The highest BCUT2D eigenvalue weighted by atomic mass is 79.9. The van der Waals surface area contributed by atoms with Crippen molar-refractivity contribution in [2.75, 3.05) is 7.05 Å². The lowest BCUT2D eigenvalue weighted by molar-refractivity contribution is -0.0498. The fourth-order valence-corrected chi connectivity index (χ4v) is 4.91. The molecule has 0 amide bonds. The average molecular weight is 489 g/mol. The highest BCUT2D eigenvalue weighted by Gasteiger charge is 2.24. The normalized spacial score (nSPS) is 11.9. The molecule has 1 aromatic heterocycles. The topological polar surface area (TPSA) is 59.5 Å². The van der Waals surface area contributed by atoms with E-state index in [1.54, 1.807) is 6.07 Å². The van der Waals surface area contributed by atoms with Gasteiger partial charge in [-0.2, -0.15) is 13.1 Å². The van der Waals surface area contributed by atoms with E-state index in [9.17, 15) is 17.2 Å². The van der Waals surface area contributed by atoms with Crippen molar-refractivity contribution in [2.24, 2.45) is 0 Å².